The van der Waals surface area contributed by atoms with Gasteiger partial charge in [0.1, 0.15) is 5.75 Å². The number of anilines is 1. The lowest BCUT2D eigenvalue weighted by molar-refractivity contribution is 0.0953. The molecule has 3 aromatic rings. The van der Waals surface area contributed by atoms with E-state index in [1.165, 1.54) is 12.1 Å². The van der Waals surface area contributed by atoms with E-state index in [1.54, 1.807) is 50.4 Å². The smallest absolute Gasteiger partial charge is 0.261 e. The van der Waals surface area contributed by atoms with E-state index in [9.17, 15) is 13.2 Å². The molecule has 0 aliphatic rings. The lowest BCUT2D eigenvalue weighted by Crippen LogP contribution is -2.25. The fraction of sp³-hybridized carbons (Fsp3) is 0.208. The summed E-state index contributed by atoms with van der Waals surface area (Å²) < 4.78 is 32.8. The van der Waals surface area contributed by atoms with Crippen LogP contribution in [0.5, 0.6) is 5.75 Å². The molecule has 0 atom stereocenters. The van der Waals surface area contributed by atoms with Gasteiger partial charge in [-0.3, -0.25) is 9.52 Å². The number of ether oxygens (including phenoxy) is 1. The van der Waals surface area contributed by atoms with Crippen LogP contribution >= 0.6 is 0 Å². The summed E-state index contributed by atoms with van der Waals surface area (Å²) >= 11 is 0. The zero-order valence-corrected chi connectivity index (χ0v) is 18.4. The minimum absolute atomic E-state index is 0.187. The molecular formula is C24H26N2O4S. The Labute approximate surface area is 183 Å². The highest BCUT2D eigenvalue weighted by Gasteiger charge is 2.15. The molecular weight excluding hydrogens is 412 g/mol. The van der Waals surface area contributed by atoms with Gasteiger partial charge in [-0.1, -0.05) is 30.3 Å². The third-order valence-electron chi connectivity index (χ3n) is 4.85. The number of methoxy groups -OCH3 is 1. The van der Waals surface area contributed by atoms with Gasteiger partial charge in [0.2, 0.25) is 0 Å². The zero-order valence-electron chi connectivity index (χ0n) is 17.6. The molecule has 0 unspecified atom stereocenters. The second-order valence-corrected chi connectivity index (χ2v) is 8.84. The number of hydrogen-bond acceptors (Lipinski definition) is 4. The normalized spacial score (nSPS) is 11.0. The third-order valence-corrected chi connectivity index (χ3v) is 6.23. The van der Waals surface area contributed by atoms with Gasteiger partial charge in [-0.25, -0.2) is 8.42 Å². The predicted molar refractivity (Wildman–Crippen MR) is 122 cm³/mol. The van der Waals surface area contributed by atoms with E-state index in [-0.39, 0.29) is 10.8 Å². The van der Waals surface area contributed by atoms with Crippen molar-refractivity contribution in [3.63, 3.8) is 0 Å². The van der Waals surface area contributed by atoms with Crippen molar-refractivity contribution < 1.29 is 17.9 Å². The van der Waals surface area contributed by atoms with E-state index in [0.717, 1.165) is 24.2 Å². The van der Waals surface area contributed by atoms with E-state index in [2.05, 4.69) is 10.0 Å². The summed E-state index contributed by atoms with van der Waals surface area (Å²) in [7, 11) is -2.04. The first-order chi connectivity index (χ1) is 14.9. The number of carbonyl (C=O) groups excluding carboxylic acids is 1. The van der Waals surface area contributed by atoms with Crippen molar-refractivity contribution in [2.45, 2.75) is 24.7 Å². The highest BCUT2D eigenvalue weighted by atomic mass is 32.2. The molecule has 7 heteroatoms. The molecule has 0 bridgehead atoms. The van der Waals surface area contributed by atoms with E-state index in [1.807, 2.05) is 24.3 Å². The van der Waals surface area contributed by atoms with Gasteiger partial charge in [-0.05, 0) is 73.4 Å². The summed E-state index contributed by atoms with van der Waals surface area (Å²) in [4.78, 5) is 12.6. The maximum absolute atomic E-state index is 12.5. The van der Waals surface area contributed by atoms with Crippen molar-refractivity contribution in [2.75, 3.05) is 18.4 Å². The van der Waals surface area contributed by atoms with E-state index in [0.29, 0.717) is 23.4 Å². The van der Waals surface area contributed by atoms with Crippen molar-refractivity contribution >= 4 is 21.6 Å². The SMILES string of the molecule is COc1cccc(CCCNC(=O)c2ccc(NS(=O)(=O)c3ccccc3)c(C)c2)c1. The van der Waals surface area contributed by atoms with Crippen molar-refractivity contribution in [1.29, 1.82) is 0 Å². The summed E-state index contributed by atoms with van der Waals surface area (Å²) in [6.07, 6.45) is 1.63. The Morgan fingerprint density at radius 2 is 1.74 bits per heavy atom. The van der Waals surface area contributed by atoms with Crippen LogP contribution in [0.1, 0.15) is 27.9 Å². The Kier molecular flexibility index (Phi) is 7.31. The first kappa shape index (κ1) is 22.4. The van der Waals surface area contributed by atoms with Crippen LogP contribution in [0.25, 0.3) is 0 Å². The molecule has 2 N–H and O–H groups in total. The van der Waals surface area contributed by atoms with Crippen LogP contribution in [-0.4, -0.2) is 28.0 Å². The molecule has 0 saturated carbocycles. The molecule has 0 fully saturated rings. The van der Waals surface area contributed by atoms with Crippen molar-refractivity contribution in [3.8, 4) is 5.75 Å². The lowest BCUT2D eigenvalue weighted by atomic mass is 10.1. The fourth-order valence-corrected chi connectivity index (χ4v) is 4.30. The maximum atomic E-state index is 12.5. The van der Waals surface area contributed by atoms with Crippen molar-refractivity contribution in [3.05, 3.63) is 89.5 Å². The third kappa shape index (κ3) is 6.08. The van der Waals surface area contributed by atoms with Gasteiger partial charge in [0.05, 0.1) is 17.7 Å². The van der Waals surface area contributed by atoms with E-state index in [4.69, 9.17) is 4.74 Å². The van der Waals surface area contributed by atoms with Crippen LogP contribution in [0.15, 0.2) is 77.7 Å². The summed E-state index contributed by atoms with van der Waals surface area (Å²) in [6, 6.07) is 20.9. The Hall–Kier alpha value is -3.32. The van der Waals surface area contributed by atoms with Gasteiger partial charge in [0.25, 0.3) is 15.9 Å². The predicted octanol–water partition coefficient (Wildman–Crippen LogP) is 4.17. The van der Waals surface area contributed by atoms with Crippen LogP contribution in [-0.2, 0) is 16.4 Å². The molecule has 0 spiro atoms. The molecule has 0 heterocycles. The van der Waals surface area contributed by atoms with Crippen LogP contribution in [0, 0.1) is 6.92 Å². The molecule has 0 aliphatic carbocycles. The average molecular weight is 439 g/mol. The Bertz CT molecular complexity index is 1150. The first-order valence-corrected chi connectivity index (χ1v) is 11.5. The largest absolute Gasteiger partial charge is 0.497 e. The number of hydrogen-bond donors (Lipinski definition) is 2. The van der Waals surface area contributed by atoms with Crippen LogP contribution < -0.4 is 14.8 Å². The average Bonchev–Trinajstić information content (AvgIpc) is 2.78. The standard InChI is InChI=1S/C24H26N2O4S/c1-18-16-20(13-14-23(18)26-31(28,29)22-11-4-3-5-12-22)24(27)25-15-7-9-19-8-6-10-21(17-19)30-2/h3-6,8,10-14,16-17,26H,7,9,15H2,1-2H3,(H,25,27). The minimum Gasteiger partial charge on any atom is -0.497 e. The Morgan fingerprint density at radius 1 is 0.968 bits per heavy atom. The van der Waals surface area contributed by atoms with Gasteiger partial charge in [0, 0.05) is 12.1 Å². The summed E-state index contributed by atoms with van der Waals surface area (Å²) in [5.41, 5.74) is 2.75. The van der Waals surface area contributed by atoms with Gasteiger partial charge in [-0.2, -0.15) is 0 Å². The summed E-state index contributed by atoms with van der Waals surface area (Å²) in [5, 5.41) is 2.91. The number of carbonyl (C=O) groups is 1. The molecule has 0 radical (unpaired) electrons. The number of amides is 1. The van der Waals surface area contributed by atoms with E-state index >= 15 is 0 Å². The monoisotopic (exact) mass is 438 g/mol. The van der Waals surface area contributed by atoms with Gasteiger partial charge < -0.3 is 10.1 Å². The molecule has 0 saturated heterocycles. The zero-order chi connectivity index (χ0) is 22.3. The number of benzene rings is 3. The number of aryl methyl sites for hydroxylation is 2. The Morgan fingerprint density at radius 3 is 2.45 bits per heavy atom. The maximum Gasteiger partial charge on any atom is 0.261 e. The number of rotatable bonds is 9. The fourth-order valence-electron chi connectivity index (χ4n) is 3.15. The molecule has 3 rings (SSSR count). The topological polar surface area (TPSA) is 84.5 Å². The lowest BCUT2D eigenvalue weighted by Gasteiger charge is -2.12. The molecule has 162 valence electrons. The number of nitrogens with one attached hydrogen (secondary N) is 2. The molecule has 6 nitrogen and oxygen atoms in total. The van der Waals surface area contributed by atoms with Gasteiger partial charge in [-0.15, -0.1) is 0 Å². The van der Waals surface area contributed by atoms with Crippen LogP contribution in [0.2, 0.25) is 0 Å². The highest BCUT2D eigenvalue weighted by molar-refractivity contribution is 7.92. The molecule has 31 heavy (non-hydrogen) atoms. The quantitative estimate of drug-likeness (QED) is 0.491. The highest BCUT2D eigenvalue weighted by Crippen LogP contribution is 2.21. The summed E-state index contributed by atoms with van der Waals surface area (Å²) in [5.74, 6) is 0.631. The van der Waals surface area contributed by atoms with Gasteiger partial charge in [0.15, 0.2) is 0 Å². The molecule has 3 aromatic carbocycles. The van der Waals surface area contributed by atoms with Crippen LogP contribution in [0.4, 0.5) is 5.69 Å². The van der Waals surface area contributed by atoms with Crippen LogP contribution in [0.3, 0.4) is 0 Å². The summed E-state index contributed by atoms with van der Waals surface area (Å²) in [6.45, 7) is 2.31. The first-order valence-electron chi connectivity index (χ1n) is 9.99. The van der Waals surface area contributed by atoms with Crippen molar-refractivity contribution in [2.24, 2.45) is 0 Å². The molecule has 1 amide bonds. The second kappa shape index (κ2) is 10.1. The second-order valence-electron chi connectivity index (χ2n) is 7.16. The molecule has 0 aromatic heterocycles. The van der Waals surface area contributed by atoms with E-state index < -0.39 is 10.0 Å². The van der Waals surface area contributed by atoms with Crippen molar-refractivity contribution in [1.82, 2.24) is 5.32 Å². The van der Waals surface area contributed by atoms with Gasteiger partial charge >= 0.3 is 0 Å². The number of sulfonamides is 1. The minimum atomic E-state index is -3.68. The Balaban J connectivity index is 1.56. The molecule has 0 aliphatic heterocycles.